The Morgan fingerprint density at radius 3 is 2.45 bits per heavy atom. The van der Waals surface area contributed by atoms with Crippen LogP contribution in [0.1, 0.15) is 16.7 Å². The van der Waals surface area contributed by atoms with E-state index in [2.05, 4.69) is 21.7 Å². The molecule has 3 aromatic rings. The lowest BCUT2D eigenvalue weighted by Gasteiger charge is -2.05. The maximum absolute atomic E-state index is 10.7. The second-order valence-electron chi connectivity index (χ2n) is 6.61. The summed E-state index contributed by atoms with van der Waals surface area (Å²) in [6, 6.07) is 14.6. The molecule has 2 N–H and O–H groups in total. The van der Waals surface area contributed by atoms with Crippen LogP contribution >= 0.6 is 0 Å². The van der Waals surface area contributed by atoms with E-state index >= 15 is 0 Å². The number of nitrogens with two attached hydrogens (primary N) is 1. The Balaban J connectivity index is 1.80. The number of benzene rings is 1. The molecule has 0 aliphatic rings. The SMILES string of the molecule is Cc1ccnc(-c2cc(/C=C/C=C/c3ccc([N+](=O)[O-])cc3)cc[n+]2CCN)c1. The fraction of sp³-hybridized carbons (Fsp3) is 0.130. The van der Waals surface area contributed by atoms with Gasteiger partial charge >= 0.3 is 0 Å². The van der Waals surface area contributed by atoms with Gasteiger partial charge in [-0.2, -0.15) is 4.57 Å². The molecule has 6 nitrogen and oxygen atoms in total. The number of allylic oxidation sites excluding steroid dienone is 2. The summed E-state index contributed by atoms with van der Waals surface area (Å²) in [7, 11) is 0. The van der Waals surface area contributed by atoms with Crippen LogP contribution in [-0.2, 0) is 6.54 Å². The number of non-ortho nitro benzene ring substituents is 1. The first kappa shape index (κ1) is 20.1. The van der Waals surface area contributed by atoms with E-state index < -0.39 is 4.92 Å². The molecule has 2 aromatic heterocycles. The van der Waals surface area contributed by atoms with Crippen molar-refractivity contribution in [1.29, 1.82) is 0 Å². The average molecular weight is 387 g/mol. The van der Waals surface area contributed by atoms with Gasteiger partial charge in [-0.3, -0.25) is 10.1 Å². The highest BCUT2D eigenvalue weighted by Gasteiger charge is 2.14. The molecular weight excluding hydrogens is 364 g/mol. The van der Waals surface area contributed by atoms with Gasteiger partial charge in [-0.05, 0) is 47.9 Å². The first-order valence-electron chi connectivity index (χ1n) is 9.32. The van der Waals surface area contributed by atoms with Gasteiger partial charge in [-0.15, -0.1) is 0 Å². The molecule has 0 bridgehead atoms. The third-order valence-corrected chi connectivity index (χ3v) is 4.40. The highest BCUT2D eigenvalue weighted by Crippen LogP contribution is 2.17. The van der Waals surface area contributed by atoms with Crippen LogP contribution in [0.2, 0.25) is 0 Å². The Hall–Kier alpha value is -3.64. The minimum atomic E-state index is -0.402. The van der Waals surface area contributed by atoms with Crippen LogP contribution in [-0.4, -0.2) is 16.5 Å². The quantitative estimate of drug-likeness (QED) is 0.288. The monoisotopic (exact) mass is 387 g/mol. The number of nitrogens with zero attached hydrogens (tertiary/aromatic N) is 3. The second-order valence-corrected chi connectivity index (χ2v) is 6.61. The zero-order valence-corrected chi connectivity index (χ0v) is 16.2. The molecule has 3 rings (SSSR count). The van der Waals surface area contributed by atoms with Crippen LogP contribution in [0.4, 0.5) is 5.69 Å². The zero-order valence-electron chi connectivity index (χ0n) is 16.2. The van der Waals surface area contributed by atoms with Crippen molar-refractivity contribution in [2.24, 2.45) is 5.73 Å². The van der Waals surface area contributed by atoms with Crippen LogP contribution < -0.4 is 10.3 Å². The van der Waals surface area contributed by atoms with Crippen LogP contribution in [0.15, 0.2) is 73.1 Å². The van der Waals surface area contributed by atoms with Crippen molar-refractivity contribution in [1.82, 2.24) is 4.98 Å². The number of hydrogen-bond acceptors (Lipinski definition) is 4. The number of nitro groups is 1. The Morgan fingerprint density at radius 2 is 1.79 bits per heavy atom. The van der Waals surface area contributed by atoms with E-state index in [4.69, 9.17) is 5.73 Å². The molecule has 1 aromatic carbocycles. The fourth-order valence-corrected chi connectivity index (χ4v) is 2.92. The van der Waals surface area contributed by atoms with Gasteiger partial charge in [0.2, 0.25) is 5.69 Å². The molecule has 0 saturated heterocycles. The smallest absolute Gasteiger partial charge is 0.269 e. The van der Waals surface area contributed by atoms with E-state index in [1.165, 1.54) is 12.1 Å². The maximum Gasteiger partial charge on any atom is 0.269 e. The van der Waals surface area contributed by atoms with Gasteiger partial charge in [-0.25, -0.2) is 4.98 Å². The molecular formula is C23H23N4O2+. The minimum Gasteiger partial charge on any atom is -0.325 e. The van der Waals surface area contributed by atoms with Crippen LogP contribution in [0, 0.1) is 17.0 Å². The molecule has 2 heterocycles. The Labute approximate surface area is 169 Å². The van der Waals surface area contributed by atoms with Crippen molar-refractivity contribution in [3.63, 3.8) is 0 Å². The number of aromatic nitrogens is 2. The third-order valence-electron chi connectivity index (χ3n) is 4.40. The first-order chi connectivity index (χ1) is 14.1. The Morgan fingerprint density at radius 1 is 1.07 bits per heavy atom. The lowest BCUT2D eigenvalue weighted by molar-refractivity contribution is -0.683. The molecule has 0 unspecified atom stereocenters. The van der Waals surface area contributed by atoms with Crippen molar-refractivity contribution in [3.05, 3.63) is 99.9 Å². The van der Waals surface area contributed by atoms with Gasteiger partial charge in [-0.1, -0.05) is 24.3 Å². The predicted molar refractivity (Wildman–Crippen MR) is 115 cm³/mol. The molecule has 0 fully saturated rings. The second kappa shape index (κ2) is 9.52. The molecule has 0 radical (unpaired) electrons. The molecule has 0 aliphatic carbocycles. The van der Waals surface area contributed by atoms with Gasteiger partial charge in [0.25, 0.3) is 5.69 Å². The summed E-state index contributed by atoms with van der Waals surface area (Å²) in [6.07, 6.45) is 11.6. The summed E-state index contributed by atoms with van der Waals surface area (Å²) < 4.78 is 2.10. The lowest BCUT2D eigenvalue weighted by atomic mass is 10.1. The molecule has 0 spiro atoms. The van der Waals surface area contributed by atoms with Crippen molar-refractivity contribution in [3.8, 4) is 11.4 Å². The minimum absolute atomic E-state index is 0.0880. The van der Waals surface area contributed by atoms with E-state index in [1.54, 1.807) is 12.1 Å². The molecule has 0 saturated carbocycles. The Kier molecular flexibility index (Phi) is 6.60. The van der Waals surface area contributed by atoms with E-state index in [1.807, 2.05) is 55.8 Å². The summed E-state index contributed by atoms with van der Waals surface area (Å²) in [5.74, 6) is 0. The van der Waals surface area contributed by atoms with E-state index in [0.29, 0.717) is 6.54 Å². The van der Waals surface area contributed by atoms with Crippen molar-refractivity contribution in [2.75, 3.05) is 6.54 Å². The summed E-state index contributed by atoms with van der Waals surface area (Å²) in [5, 5.41) is 10.7. The highest BCUT2D eigenvalue weighted by molar-refractivity contribution is 5.61. The number of nitro benzene ring substituents is 1. The third kappa shape index (κ3) is 5.43. The standard InChI is InChI=1S/C23H23N4O2/c1-18-10-13-25-22(16-18)23-17-20(11-14-26(23)15-12-24)5-3-2-4-19-6-8-21(9-7-19)27(28)29/h2-11,13-14,16-17H,12,15,24H2,1H3/q+1/b4-2+,5-3+. The maximum atomic E-state index is 10.7. The predicted octanol–water partition coefficient (Wildman–Crippen LogP) is 3.94. The fourth-order valence-electron chi connectivity index (χ4n) is 2.92. The van der Waals surface area contributed by atoms with Gasteiger partial charge in [0.15, 0.2) is 12.7 Å². The Bertz CT molecular complexity index is 1060. The largest absolute Gasteiger partial charge is 0.325 e. The molecule has 29 heavy (non-hydrogen) atoms. The van der Waals surface area contributed by atoms with E-state index in [-0.39, 0.29) is 5.69 Å². The van der Waals surface area contributed by atoms with Gasteiger partial charge < -0.3 is 5.73 Å². The van der Waals surface area contributed by atoms with Gasteiger partial charge in [0.05, 0.1) is 11.5 Å². The zero-order chi connectivity index (χ0) is 20.6. The van der Waals surface area contributed by atoms with Crippen molar-refractivity contribution in [2.45, 2.75) is 13.5 Å². The van der Waals surface area contributed by atoms with Crippen molar-refractivity contribution >= 4 is 17.8 Å². The number of rotatable bonds is 7. The molecule has 6 heteroatoms. The average Bonchev–Trinajstić information content (AvgIpc) is 2.72. The number of pyridine rings is 2. The summed E-state index contributed by atoms with van der Waals surface area (Å²) in [5.41, 5.74) is 10.9. The lowest BCUT2D eigenvalue weighted by Crippen LogP contribution is -2.39. The molecule has 0 aliphatic heterocycles. The first-order valence-corrected chi connectivity index (χ1v) is 9.32. The number of hydrogen-bond donors (Lipinski definition) is 1. The van der Waals surface area contributed by atoms with Gasteiger partial charge in [0.1, 0.15) is 5.69 Å². The van der Waals surface area contributed by atoms with Crippen molar-refractivity contribution < 1.29 is 9.49 Å². The highest BCUT2D eigenvalue weighted by atomic mass is 16.6. The molecule has 146 valence electrons. The topological polar surface area (TPSA) is 85.9 Å². The number of aryl methyl sites for hydroxylation is 1. The van der Waals surface area contributed by atoms with E-state index in [9.17, 15) is 10.1 Å². The summed E-state index contributed by atoms with van der Waals surface area (Å²) >= 11 is 0. The van der Waals surface area contributed by atoms with Crippen LogP contribution in [0.25, 0.3) is 23.5 Å². The summed E-state index contributed by atoms with van der Waals surface area (Å²) in [4.78, 5) is 14.8. The normalized spacial score (nSPS) is 11.4. The van der Waals surface area contributed by atoms with E-state index in [0.717, 1.165) is 34.6 Å². The molecule has 0 atom stereocenters. The summed E-state index contributed by atoms with van der Waals surface area (Å²) in [6.45, 7) is 3.32. The van der Waals surface area contributed by atoms with Crippen LogP contribution in [0.3, 0.4) is 0 Å². The van der Waals surface area contributed by atoms with Crippen LogP contribution in [0.5, 0.6) is 0 Å². The van der Waals surface area contributed by atoms with Gasteiger partial charge in [0, 0.05) is 30.5 Å². The molecule has 0 amide bonds.